The minimum Gasteiger partial charge on any atom is -0.397 e. The van der Waals surface area contributed by atoms with Crippen molar-refractivity contribution in [2.75, 3.05) is 5.73 Å². The number of aromatic nitrogens is 1. The number of hydrogen-bond donors (Lipinski definition) is 2. The highest BCUT2D eigenvalue weighted by atomic mass is 32.2. The van der Waals surface area contributed by atoms with E-state index in [9.17, 15) is 12.8 Å². The molecule has 5 nitrogen and oxygen atoms in total. The third-order valence-corrected chi connectivity index (χ3v) is 3.82. The molecule has 0 aliphatic rings. The number of pyridine rings is 1. The lowest BCUT2D eigenvalue weighted by molar-refractivity contribution is 0.574. The topological polar surface area (TPSA) is 85.1 Å². The van der Waals surface area contributed by atoms with Gasteiger partial charge in [0.15, 0.2) is 0 Å². The van der Waals surface area contributed by atoms with Crippen LogP contribution in [-0.4, -0.2) is 13.4 Å². The van der Waals surface area contributed by atoms with E-state index in [1.807, 2.05) is 0 Å². The highest BCUT2D eigenvalue weighted by Crippen LogP contribution is 2.12. The van der Waals surface area contributed by atoms with E-state index in [-0.39, 0.29) is 22.7 Å². The van der Waals surface area contributed by atoms with Crippen LogP contribution in [0.1, 0.15) is 5.56 Å². The summed E-state index contributed by atoms with van der Waals surface area (Å²) in [5.74, 6) is -0.462. The molecule has 19 heavy (non-hydrogen) atoms. The van der Waals surface area contributed by atoms with Gasteiger partial charge in [-0.1, -0.05) is 18.2 Å². The molecule has 0 aliphatic heterocycles. The van der Waals surface area contributed by atoms with Gasteiger partial charge in [0.2, 0.25) is 10.0 Å². The fourth-order valence-electron chi connectivity index (χ4n) is 1.48. The lowest BCUT2D eigenvalue weighted by Crippen LogP contribution is -2.24. The number of sulfonamides is 1. The summed E-state index contributed by atoms with van der Waals surface area (Å²) in [6, 6.07) is 7.24. The Hall–Kier alpha value is -1.99. The second-order valence-corrected chi connectivity index (χ2v) is 5.64. The Morgan fingerprint density at radius 1 is 1.26 bits per heavy atom. The molecule has 0 bridgehead atoms. The lowest BCUT2D eigenvalue weighted by atomic mass is 10.2. The van der Waals surface area contributed by atoms with E-state index in [1.165, 1.54) is 36.7 Å². The number of nitrogen functional groups attached to an aromatic ring is 1. The van der Waals surface area contributed by atoms with Crippen molar-refractivity contribution in [2.24, 2.45) is 0 Å². The summed E-state index contributed by atoms with van der Waals surface area (Å²) in [7, 11) is -3.76. The first-order chi connectivity index (χ1) is 8.99. The van der Waals surface area contributed by atoms with E-state index in [0.29, 0.717) is 0 Å². The maximum Gasteiger partial charge on any atom is 0.242 e. The normalized spacial score (nSPS) is 11.4. The molecule has 0 fully saturated rings. The summed E-state index contributed by atoms with van der Waals surface area (Å²) in [5.41, 5.74) is 5.98. The Morgan fingerprint density at radius 2 is 2.00 bits per heavy atom. The first-order valence-corrected chi connectivity index (χ1v) is 6.91. The predicted octanol–water partition coefficient (Wildman–Crippen LogP) is 1.28. The van der Waals surface area contributed by atoms with Crippen LogP contribution < -0.4 is 10.5 Å². The zero-order valence-corrected chi connectivity index (χ0v) is 10.7. The van der Waals surface area contributed by atoms with E-state index in [0.717, 1.165) is 0 Å². The summed E-state index contributed by atoms with van der Waals surface area (Å²) >= 11 is 0. The maximum absolute atomic E-state index is 13.4. The van der Waals surface area contributed by atoms with Crippen molar-refractivity contribution in [3.63, 3.8) is 0 Å². The molecule has 0 atom stereocenters. The van der Waals surface area contributed by atoms with Gasteiger partial charge in [-0.05, 0) is 12.1 Å². The molecule has 0 saturated carbocycles. The third-order valence-electron chi connectivity index (χ3n) is 2.46. The van der Waals surface area contributed by atoms with Crippen LogP contribution in [0.25, 0.3) is 0 Å². The SMILES string of the molecule is Nc1cncc(S(=O)(=O)NCc2ccccc2F)c1. The Kier molecular flexibility index (Phi) is 3.77. The molecular weight excluding hydrogens is 269 g/mol. The Morgan fingerprint density at radius 3 is 2.68 bits per heavy atom. The second kappa shape index (κ2) is 5.33. The van der Waals surface area contributed by atoms with E-state index >= 15 is 0 Å². The molecule has 0 spiro atoms. The van der Waals surface area contributed by atoms with Gasteiger partial charge in [-0.25, -0.2) is 17.5 Å². The maximum atomic E-state index is 13.4. The van der Waals surface area contributed by atoms with Crippen LogP contribution in [0.3, 0.4) is 0 Å². The number of rotatable bonds is 4. The number of halogens is 1. The van der Waals surface area contributed by atoms with E-state index in [4.69, 9.17) is 5.73 Å². The fraction of sp³-hybridized carbons (Fsp3) is 0.0833. The molecule has 2 rings (SSSR count). The lowest BCUT2D eigenvalue weighted by Gasteiger charge is -2.07. The zero-order chi connectivity index (χ0) is 13.9. The highest BCUT2D eigenvalue weighted by Gasteiger charge is 2.15. The largest absolute Gasteiger partial charge is 0.397 e. The molecule has 0 saturated heterocycles. The predicted molar refractivity (Wildman–Crippen MR) is 69.1 cm³/mol. The van der Waals surface area contributed by atoms with Crippen LogP contribution in [0.2, 0.25) is 0 Å². The fourth-order valence-corrected chi connectivity index (χ4v) is 2.48. The van der Waals surface area contributed by atoms with Gasteiger partial charge in [0.05, 0.1) is 5.69 Å². The summed E-state index contributed by atoms with van der Waals surface area (Å²) in [5, 5.41) is 0. The quantitative estimate of drug-likeness (QED) is 0.884. The van der Waals surface area contributed by atoms with Crippen molar-refractivity contribution in [1.29, 1.82) is 0 Å². The first kappa shape index (κ1) is 13.4. The summed E-state index contributed by atoms with van der Waals surface area (Å²) in [4.78, 5) is 3.65. The van der Waals surface area contributed by atoms with Gasteiger partial charge < -0.3 is 5.73 Å². The molecular formula is C12H12FN3O2S. The number of hydrogen-bond acceptors (Lipinski definition) is 4. The van der Waals surface area contributed by atoms with Crippen molar-refractivity contribution in [1.82, 2.24) is 9.71 Å². The van der Waals surface area contributed by atoms with E-state index in [2.05, 4.69) is 9.71 Å². The number of nitrogens with one attached hydrogen (secondary N) is 1. The van der Waals surface area contributed by atoms with Crippen molar-refractivity contribution < 1.29 is 12.8 Å². The van der Waals surface area contributed by atoms with Gasteiger partial charge in [0.25, 0.3) is 0 Å². The molecule has 0 aliphatic carbocycles. The Balaban J connectivity index is 2.17. The second-order valence-electron chi connectivity index (χ2n) is 3.87. The Bertz CT molecular complexity index is 689. The number of benzene rings is 1. The zero-order valence-electron chi connectivity index (χ0n) is 9.88. The van der Waals surface area contributed by atoms with Crippen LogP contribution in [-0.2, 0) is 16.6 Å². The molecule has 0 unspecified atom stereocenters. The van der Waals surface area contributed by atoms with Gasteiger partial charge in [-0.3, -0.25) is 4.98 Å². The molecule has 100 valence electrons. The van der Waals surface area contributed by atoms with E-state index in [1.54, 1.807) is 6.07 Å². The van der Waals surface area contributed by atoms with Crippen LogP contribution in [0.15, 0.2) is 47.6 Å². The van der Waals surface area contributed by atoms with Gasteiger partial charge in [0.1, 0.15) is 10.7 Å². The van der Waals surface area contributed by atoms with Gasteiger partial charge in [0, 0.05) is 24.5 Å². The number of nitrogens with zero attached hydrogens (tertiary/aromatic N) is 1. The average Bonchev–Trinajstić information content (AvgIpc) is 2.38. The minimum absolute atomic E-state index is 0.0520. The van der Waals surface area contributed by atoms with Crippen molar-refractivity contribution >= 4 is 15.7 Å². The monoisotopic (exact) mass is 281 g/mol. The summed E-state index contributed by atoms with van der Waals surface area (Å²) < 4.78 is 39.5. The van der Waals surface area contributed by atoms with Crippen LogP contribution in [0.4, 0.5) is 10.1 Å². The smallest absolute Gasteiger partial charge is 0.242 e. The van der Waals surface area contributed by atoms with Crippen molar-refractivity contribution in [3.8, 4) is 0 Å². The first-order valence-electron chi connectivity index (χ1n) is 5.42. The molecule has 1 aromatic heterocycles. The molecule has 3 N–H and O–H groups in total. The van der Waals surface area contributed by atoms with Crippen molar-refractivity contribution in [2.45, 2.75) is 11.4 Å². The van der Waals surface area contributed by atoms with Gasteiger partial charge in [-0.15, -0.1) is 0 Å². The molecule has 0 amide bonds. The Labute approximate surface area is 110 Å². The standard InChI is InChI=1S/C12H12FN3O2S/c13-12-4-2-1-3-9(12)6-16-19(17,18)11-5-10(14)7-15-8-11/h1-5,7-8,16H,6,14H2. The summed E-state index contributed by atoms with van der Waals surface area (Å²) in [6.45, 7) is -0.135. The van der Waals surface area contributed by atoms with Crippen LogP contribution in [0.5, 0.6) is 0 Å². The molecule has 7 heteroatoms. The number of nitrogens with two attached hydrogens (primary N) is 1. The molecule has 2 aromatic rings. The third kappa shape index (κ3) is 3.27. The van der Waals surface area contributed by atoms with Crippen LogP contribution in [0, 0.1) is 5.82 Å². The van der Waals surface area contributed by atoms with Gasteiger partial charge >= 0.3 is 0 Å². The number of anilines is 1. The van der Waals surface area contributed by atoms with Crippen molar-refractivity contribution in [3.05, 3.63) is 54.1 Å². The minimum atomic E-state index is -3.76. The van der Waals surface area contributed by atoms with E-state index < -0.39 is 15.8 Å². The van der Waals surface area contributed by atoms with Gasteiger partial charge in [-0.2, -0.15) is 0 Å². The molecule has 0 radical (unpaired) electrons. The average molecular weight is 281 g/mol. The molecule has 1 heterocycles. The summed E-state index contributed by atoms with van der Waals surface area (Å²) in [6.07, 6.45) is 2.52. The molecule has 1 aromatic carbocycles. The highest BCUT2D eigenvalue weighted by molar-refractivity contribution is 7.89. The van der Waals surface area contributed by atoms with Crippen LogP contribution >= 0.6 is 0 Å².